The summed E-state index contributed by atoms with van der Waals surface area (Å²) in [5, 5.41) is 10.0. The highest BCUT2D eigenvalue weighted by Crippen LogP contribution is 2.33. The van der Waals surface area contributed by atoms with Crippen LogP contribution in [0.2, 0.25) is 0 Å². The lowest BCUT2D eigenvalue weighted by Crippen LogP contribution is -1.91. The van der Waals surface area contributed by atoms with Crippen LogP contribution in [0.5, 0.6) is 11.5 Å². The molecule has 3 aromatic rings. The summed E-state index contributed by atoms with van der Waals surface area (Å²) >= 11 is 2.97. The number of hydrogen-bond donors (Lipinski definition) is 1. The van der Waals surface area contributed by atoms with Crippen molar-refractivity contribution in [2.75, 3.05) is 18.9 Å². The van der Waals surface area contributed by atoms with Gasteiger partial charge in [0.15, 0.2) is 11.5 Å². The third-order valence-electron chi connectivity index (χ3n) is 3.06. The largest absolute Gasteiger partial charge is 0.493 e. The van der Waals surface area contributed by atoms with E-state index in [4.69, 9.17) is 9.47 Å². The molecule has 1 N–H and O–H groups in total. The number of benzene rings is 2. The van der Waals surface area contributed by atoms with Crippen LogP contribution in [0.25, 0.3) is 10.6 Å². The summed E-state index contributed by atoms with van der Waals surface area (Å²) in [7, 11) is 3.24. The Morgan fingerprint density at radius 2 is 1.74 bits per heavy atom. The number of nitrogens with one attached hydrogen (secondary N) is 1. The van der Waals surface area contributed by atoms with Crippen molar-refractivity contribution < 1.29 is 9.47 Å². The van der Waals surface area contributed by atoms with Gasteiger partial charge in [-0.15, -0.1) is 10.2 Å². The molecule has 0 aliphatic carbocycles. The van der Waals surface area contributed by atoms with Gasteiger partial charge in [-0.05, 0) is 30.1 Å². The van der Waals surface area contributed by atoms with Crippen molar-refractivity contribution in [2.24, 2.45) is 0 Å². The lowest BCUT2D eigenvalue weighted by molar-refractivity contribution is 0.354. The highest BCUT2D eigenvalue weighted by atomic mass is 32.2. The molecule has 0 fully saturated rings. The lowest BCUT2D eigenvalue weighted by Gasteiger charge is -2.09. The van der Waals surface area contributed by atoms with Crippen molar-refractivity contribution in [2.45, 2.75) is 4.90 Å². The average Bonchev–Trinajstić information content (AvgIpc) is 3.09. The number of ether oxygens (including phenoxy) is 2. The van der Waals surface area contributed by atoms with Gasteiger partial charge in [0.05, 0.1) is 14.2 Å². The molecule has 0 spiro atoms. The summed E-state index contributed by atoms with van der Waals surface area (Å²) in [4.78, 5) is 0.999. The van der Waals surface area contributed by atoms with Crippen LogP contribution in [-0.4, -0.2) is 24.4 Å². The van der Waals surface area contributed by atoms with Gasteiger partial charge >= 0.3 is 0 Å². The fourth-order valence-corrected chi connectivity index (χ4v) is 3.38. The Balaban J connectivity index is 1.68. The van der Waals surface area contributed by atoms with Crippen LogP contribution in [0.4, 0.5) is 5.13 Å². The van der Waals surface area contributed by atoms with E-state index in [-0.39, 0.29) is 0 Å². The van der Waals surface area contributed by atoms with E-state index >= 15 is 0 Å². The Labute approximate surface area is 142 Å². The molecule has 0 saturated heterocycles. The minimum absolute atomic E-state index is 0.696. The van der Waals surface area contributed by atoms with Crippen molar-refractivity contribution in [1.82, 2.24) is 10.2 Å². The first-order valence-corrected chi connectivity index (χ1v) is 8.47. The number of rotatable bonds is 6. The lowest BCUT2D eigenvalue weighted by atomic mass is 10.2. The minimum Gasteiger partial charge on any atom is -0.493 e. The second-order valence-corrected chi connectivity index (χ2v) is 6.36. The number of hydrogen-bond acceptors (Lipinski definition) is 7. The number of aromatic nitrogens is 2. The Bertz CT molecular complexity index is 778. The molecule has 3 rings (SSSR count). The molecule has 0 amide bonds. The Morgan fingerprint density at radius 1 is 0.957 bits per heavy atom. The van der Waals surface area contributed by atoms with Crippen molar-refractivity contribution >= 4 is 28.4 Å². The van der Waals surface area contributed by atoms with Gasteiger partial charge in [-0.2, -0.15) is 0 Å². The first-order chi connectivity index (χ1) is 11.3. The van der Waals surface area contributed by atoms with Crippen LogP contribution < -0.4 is 14.2 Å². The monoisotopic (exact) mass is 345 g/mol. The van der Waals surface area contributed by atoms with Crippen molar-refractivity contribution in [3.8, 4) is 22.1 Å². The van der Waals surface area contributed by atoms with E-state index in [1.165, 1.54) is 23.3 Å². The van der Waals surface area contributed by atoms with Crippen molar-refractivity contribution in [3.05, 3.63) is 48.5 Å². The standard InChI is InChI=1S/C16H15N3O2S2/c1-20-13-9-8-12(10-14(13)21-2)23-19-16-18-17-15(22-16)11-6-4-3-5-7-11/h3-10H,1-2H3,(H,18,19). The van der Waals surface area contributed by atoms with E-state index < -0.39 is 0 Å². The predicted molar refractivity (Wildman–Crippen MR) is 94.4 cm³/mol. The van der Waals surface area contributed by atoms with E-state index in [0.717, 1.165) is 20.6 Å². The zero-order valence-corrected chi connectivity index (χ0v) is 14.3. The summed E-state index contributed by atoms with van der Waals surface area (Å²) in [5.41, 5.74) is 1.06. The first kappa shape index (κ1) is 15.6. The van der Waals surface area contributed by atoms with Crippen LogP contribution in [-0.2, 0) is 0 Å². The van der Waals surface area contributed by atoms with Crippen LogP contribution in [0.3, 0.4) is 0 Å². The maximum absolute atomic E-state index is 5.30. The second-order valence-electron chi connectivity index (χ2n) is 4.50. The predicted octanol–water partition coefficient (Wildman–Crippen LogP) is 4.34. The van der Waals surface area contributed by atoms with Gasteiger partial charge in [-0.25, -0.2) is 0 Å². The van der Waals surface area contributed by atoms with E-state index in [9.17, 15) is 0 Å². The van der Waals surface area contributed by atoms with Gasteiger partial charge in [0.25, 0.3) is 0 Å². The molecule has 1 heterocycles. The maximum Gasteiger partial charge on any atom is 0.216 e. The summed E-state index contributed by atoms with van der Waals surface area (Å²) < 4.78 is 13.7. The van der Waals surface area contributed by atoms with Gasteiger partial charge in [0.2, 0.25) is 5.13 Å². The van der Waals surface area contributed by atoms with E-state index in [2.05, 4.69) is 14.9 Å². The van der Waals surface area contributed by atoms with Crippen LogP contribution in [0.15, 0.2) is 53.4 Å². The quantitative estimate of drug-likeness (QED) is 0.671. The number of nitrogens with zero attached hydrogens (tertiary/aromatic N) is 2. The average molecular weight is 345 g/mol. The molecule has 0 atom stereocenters. The van der Waals surface area contributed by atoms with Crippen LogP contribution >= 0.6 is 23.3 Å². The third-order valence-corrected chi connectivity index (χ3v) is 4.86. The summed E-state index contributed by atoms with van der Waals surface area (Å²) in [6.07, 6.45) is 0. The maximum atomic E-state index is 5.30. The van der Waals surface area contributed by atoms with Gasteiger partial charge in [-0.3, -0.25) is 0 Å². The minimum atomic E-state index is 0.696. The zero-order valence-electron chi connectivity index (χ0n) is 12.6. The molecule has 118 valence electrons. The fraction of sp³-hybridized carbons (Fsp3) is 0.125. The number of anilines is 1. The van der Waals surface area contributed by atoms with Gasteiger partial charge < -0.3 is 14.2 Å². The topological polar surface area (TPSA) is 56.3 Å². The molecule has 0 aliphatic heterocycles. The molecule has 0 saturated carbocycles. The van der Waals surface area contributed by atoms with Crippen LogP contribution in [0, 0.1) is 0 Å². The highest BCUT2D eigenvalue weighted by molar-refractivity contribution is 8.00. The molecule has 0 bridgehead atoms. The Hall–Kier alpha value is -2.25. The van der Waals surface area contributed by atoms with Crippen molar-refractivity contribution in [3.63, 3.8) is 0 Å². The summed E-state index contributed by atoms with van der Waals surface area (Å²) in [6, 6.07) is 15.7. The van der Waals surface area contributed by atoms with Crippen molar-refractivity contribution in [1.29, 1.82) is 0 Å². The van der Waals surface area contributed by atoms with Crippen LogP contribution in [0.1, 0.15) is 0 Å². The van der Waals surface area contributed by atoms with Gasteiger partial charge in [0.1, 0.15) is 5.01 Å². The summed E-state index contributed by atoms with van der Waals surface area (Å²) in [6.45, 7) is 0. The van der Waals surface area contributed by atoms with Gasteiger partial charge in [-0.1, -0.05) is 41.7 Å². The second kappa shape index (κ2) is 7.34. The zero-order chi connectivity index (χ0) is 16.1. The molecule has 0 aliphatic rings. The fourth-order valence-electron chi connectivity index (χ4n) is 1.94. The Morgan fingerprint density at radius 3 is 2.48 bits per heavy atom. The highest BCUT2D eigenvalue weighted by Gasteiger charge is 2.08. The molecule has 0 unspecified atom stereocenters. The molecule has 2 aromatic carbocycles. The van der Waals surface area contributed by atoms with E-state index in [0.29, 0.717) is 11.5 Å². The normalized spacial score (nSPS) is 10.3. The smallest absolute Gasteiger partial charge is 0.216 e. The van der Waals surface area contributed by atoms with E-state index in [1.54, 1.807) is 14.2 Å². The molecular weight excluding hydrogens is 330 g/mol. The number of methoxy groups -OCH3 is 2. The molecule has 1 aromatic heterocycles. The van der Waals surface area contributed by atoms with Gasteiger partial charge in [0, 0.05) is 10.5 Å². The molecule has 5 nitrogen and oxygen atoms in total. The molecular formula is C16H15N3O2S2. The first-order valence-electron chi connectivity index (χ1n) is 6.84. The third kappa shape index (κ3) is 3.75. The molecule has 7 heteroatoms. The summed E-state index contributed by atoms with van der Waals surface area (Å²) in [5.74, 6) is 1.40. The van der Waals surface area contributed by atoms with E-state index in [1.807, 2.05) is 48.5 Å². The molecule has 23 heavy (non-hydrogen) atoms. The molecule has 0 radical (unpaired) electrons. The Kier molecular flexibility index (Phi) is 4.99. The SMILES string of the molecule is COc1ccc(SNc2nnc(-c3ccccc3)s2)cc1OC.